The topological polar surface area (TPSA) is 37.0 Å². The second-order valence-electron chi connectivity index (χ2n) is 4.84. The normalized spacial score (nSPS) is 15.4. The van der Waals surface area contributed by atoms with Crippen molar-refractivity contribution in [1.82, 2.24) is 10.3 Å². The molecule has 3 rings (SSSR count). The number of hydrogen-bond donors (Lipinski definition) is 2. The quantitative estimate of drug-likeness (QED) is 0.847. The number of nitrogens with one attached hydrogen (secondary N) is 2. The third-order valence-electron chi connectivity index (χ3n) is 3.44. The minimum atomic E-state index is 0.742. The molecule has 1 aromatic carbocycles. The van der Waals surface area contributed by atoms with E-state index in [9.17, 15) is 0 Å². The number of fused-ring (bicyclic) bond motifs is 1. The molecule has 1 heterocycles. The van der Waals surface area contributed by atoms with Crippen molar-refractivity contribution >= 4 is 10.9 Å². The number of methoxy groups -OCH3 is 1. The van der Waals surface area contributed by atoms with Gasteiger partial charge in [0.2, 0.25) is 0 Å². The molecule has 0 unspecified atom stereocenters. The highest BCUT2D eigenvalue weighted by atomic mass is 16.5. The van der Waals surface area contributed by atoms with Crippen LogP contribution in [-0.2, 0) is 6.54 Å². The van der Waals surface area contributed by atoms with Gasteiger partial charge in [0.15, 0.2) is 0 Å². The molecule has 0 aliphatic heterocycles. The summed E-state index contributed by atoms with van der Waals surface area (Å²) in [6.07, 6.45) is 4.75. The molecule has 1 aliphatic rings. The summed E-state index contributed by atoms with van der Waals surface area (Å²) in [7, 11) is 1.72. The van der Waals surface area contributed by atoms with Crippen molar-refractivity contribution in [3.8, 4) is 5.75 Å². The zero-order valence-corrected chi connectivity index (χ0v) is 10.3. The van der Waals surface area contributed by atoms with Gasteiger partial charge in [-0.05, 0) is 43.0 Å². The van der Waals surface area contributed by atoms with Gasteiger partial charge in [-0.1, -0.05) is 0 Å². The zero-order chi connectivity index (χ0) is 11.8. The number of aryl methyl sites for hydroxylation is 1. The highest BCUT2D eigenvalue weighted by molar-refractivity contribution is 5.87. The third-order valence-corrected chi connectivity index (χ3v) is 3.44. The monoisotopic (exact) mass is 230 g/mol. The summed E-state index contributed by atoms with van der Waals surface area (Å²) in [5.41, 5.74) is 3.78. The number of hydrogen-bond acceptors (Lipinski definition) is 2. The van der Waals surface area contributed by atoms with E-state index in [1.165, 1.54) is 34.9 Å². The van der Waals surface area contributed by atoms with Gasteiger partial charge in [-0.15, -0.1) is 0 Å². The van der Waals surface area contributed by atoms with E-state index in [0.717, 1.165) is 18.3 Å². The molecule has 0 saturated heterocycles. The van der Waals surface area contributed by atoms with Crippen molar-refractivity contribution in [2.75, 3.05) is 7.11 Å². The average Bonchev–Trinajstić information content (AvgIpc) is 3.07. The molecule has 0 radical (unpaired) electrons. The van der Waals surface area contributed by atoms with Crippen molar-refractivity contribution in [3.63, 3.8) is 0 Å². The van der Waals surface area contributed by atoms with Crippen molar-refractivity contribution in [3.05, 3.63) is 29.5 Å². The maximum absolute atomic E-state index is 5.33. The van der Waals surface area contributed by atoms with Crippen LogP contribution in [-0.4, -0.2) is 18.1 Å². The molecule has 0 amide bonds. The number of benzene rings is 1. The molecule has 1 saturated carbocycles. The van der Waals surface area contributed by atoms with E-state index < -0.39 is 0 Å². The lowest BCUT2D eigenvalue weighted by molar-refractivity contribution is 0.415. The van der Waals surface area contributed by atoms with Crippen LogP contribution in [0.15, 0.2) is 18.3 Å². The lowest BCUT2D eigenvalue weighted by atomic mass is 10.1. The molecule has 0 spiro atoms. The molecule has 2 aromatic rings. The first-order chi connectivity index (χ1) is 8.28. The molecule has 17 heavy (non-hydrogen) atoms. The minimum Gasteiger partial charge on any atom is -0.497 e. The Labute approximate surface area is 101 Å². The van der Waals surface area contributed by atoms with Crippen LogP contribution in [0.2, 0.25) is 0 Å². The van der Waals surface area contributed by atoms with Crippen molar-refractivity contribution in [2.24, 2.45) is 0 Å². The number of rotatable bonds is 4. The molecule has 0 bridgehead atoms. The van der Waals surface area contributed by atoms with E-state index in [0.29, 0.717) is 0 Å². The molecule has 1 fully saturated rings. The maximum Gasteiger partial charge on any atom is 0.119 e. The lowest BCUT2D eigenvalue weighted by Crippen LogP contribution is -2.14. The number of aromatic amines is 1. The van der Waals surface area contributed by atoms with Gasteiger partial charge in [0.1, 0.15) is 5.75 Å². The molecule has 1 aliphatic carbocycles. The highest BCUT2D eigenvalue weighted by Crippen LogP contribution is 2.28. The standard InChI is InChI=1S/C14H18N2O/c1-9-5-12(17-2)6-13-10(8-16-14(9)13)7-15-11-3-4-11/h5-6,8,11,15-16H,3-4,7H2,1-2H3. The van der Waals surface area contributed by atoms with Gasteiger partial charge >= 0.3 is 0 Å². The number of ether oxygens (including phenoxy) is 1. The molecule has 90 valence electrons. The number of H-pyrrole nitrogens is 1. The number of aromatic nitrogens is 1. The molecule has 0 atom stereocenters. The van der Waals surface area contributed by atoms with E-state index in [1.54, 1.807) is 7.11 Å². The average molecular weight is 230 g/mol. The Balaban J connectivity index is 1.96. The second-order valence-corrected chi connectivity index (χ2v) is 4.84. The van der Waals surface area contributed by atoms with Crippen LogP contribution in [0.25, 0.3) is 10.9 Å². The van der Waals surface area contributed by atoms with E-state index in [2.05, 4.69) is 35.6 Å². The van der Waals surface area contributed by atoms with Gasteiger partial charge in [0, 0.05) is 29.7 Å². The lowest BCUT2D eigenvalue weighted by Gasteiger charge is -2.05. The van der Waals surface area contributed by atoms with Gasteiger partial charge in [0.25, 0.3) is 0 Å². The highest BCUT2D eigenvalue weighted by Gasteiger charge is 2.20. The van der Waals surface area contributed by atoms with Crippen LogP contribution in [0.1, 0.15) is 24.0 Å². The minimum absolute atomic E-state index is 0.742. The Morgan fingerprint density at radius 1 is 1.41 bits per heavy atom. The van der Waals surface area contributed by atoms with Crippen molar-refractivity contribution < 1.29 is 4.74 Å². The smallest absolute Gasteiger partial charge is 0.119 e. The predicted molar refractivity (Wildman–Crippen MR) is 69.4 cm³/mol. The second kappa shape index (κ2) is 4.08. The van der Waals surface area contributed by atoms with Gasteiger partial charge in [0.05, 0.1) is 7.11 Å². The predicted octanol–water partition coefficient (Wildman–Crippen LogP) is 2.74. The van der Waals surface area contributed by atoms with Gasteiger partial charge < -0.3 is 15.0 Å². The molecular formula is C14H18N2O. The SMILES string of the molecule is COc1cc(C)c2[nH]cc(CNC3CC3)c2c1. The summed E-state index contributed by atoms with van der Waals surface area (Å²) in [5, 5.41) is 4.82. The molecule has 2 N–H and O–H groups in total. The van der Waals surface area contributed by atoms with Crippen LogP contribution in [0.5, 0.6) is 5.75 Å². The summed E-state index contributed by atoms with van der Waals surface area (Å²) < 4.78 is 5.33. The van der Waals surface area contributed by atoms with Crippen LogP contribution in [0.4, 0.5) is 0 Å². The van der Waals surface area contributed by atoms with E-state index in [-0.39, 0.29) is 0 Å². The summed E-state index contributed by atoms with van der Waals surface area (Å²) >= 11 is 0. The Bertz CT molecular complexity index is 540. The summed E-state index contributed by atoms with van der Waals surface area (Å²) in [6, 6.07) is 4.92. The fourth-order valence-electron chi connectivity index (χ4n) is 2.24. The first-order valence-electron chi connectivity index (χ1n) is 6.16. The fourth-order valence-corrected chi connectivity index (χ4v) is 2.24. The Kier molecular flexibility index (Phi) is 2.56. The third kappa shape index (κ3) is 2.03. The molecular weight excluding hydrogens is 212 g/mol. The van der Waals surface area contributed by atoms with E-state index >= 15 is 0 Å². The molecule has 3 heteroatoms. The van der Waals surface area contributed by atoms with Crippen LogP contribution < -0.4 is 10.1 Å². The summed E-state index contributed by atoms with van der Waals surface area (Å²) in [6.45, 7) is 3.05. The summed E-state index contributed by atoms with van der Waals surface area (Å²) in [5.74, 6) is 0.933. The van der Waals surface area contributed by atoms with Gasteiger partial charge in [-0.2, -0.15) is 0 Å². The van der Waals surface area contributed by atoms with E-state index in [4.69, 9.17) is 4.74 Å². The zero-order valence-electron chi connectivity index (χ0n) is 10.3. The van der Waals surface area contributed by atoms with Gasteiger partial charge in [-0.25, -0.2) is 0 Å². The Hall–Kier alpha value is -1.48. The fraction of sp³-hybridized carbons (Fsp3) is 0.429. The molecule has 1 aromatic heterocycles. The van der Waals surface area contributed by atoms with Crippen molar-refractivity contribution in [2.45, 2.75) is 32.4 Å². The summed E-state index contributed by atoms with van der Waals surface area (Å²) in [4.78, 5) is 3.36. The maximum atomic E-state index is 5.33. The van der Waals surface area contributed by atoms with Crippen LogP contribution in [0.3, 0.4) is 0 Å². The largest absolute Gasteiger partial charge is 0.497 e. The first kappa shape index (κ1) is 10.7. The van der Waals surface area contributed by atoms with Gasteiger partial charge in [-0.3, -0.25) is 0 Å². The van der Waals surface area contributed by atoms with Crippen molar-refractivity contribution in [1.29, 1.82) is 0 Å². The van der Waals surface area contributed by atoms with Crippen LogP contribution >= 0.6 is 0 Å². The molecule has 3 nitrogen and oxygen atoms in total. The van der Waals surface area contributed by atoms with Crippen LogP contribution in [0, 0.1) is 6.92 Å². The Morgan fingerprint density at radius 2 is 2.24 bits per heavy atom. The first-order valence-corrected chi connectivity index (χ1v) is 6.16. The van der Waals surface area contributed by atoms with E-state index in [1.807, 2.05) is 0 Å². The Morgan fingerprint density at radius 3 is 2.94 bits per heavy atom.